The van der Waals surface area contributed by atoms with Gasteiger partial charge in [0.05, 0.1) is 6.54 Å². The number of methoxy groups -OCH3 is 1. The molecule has 1 unspecified atom stereocenters. The van der Waals surface area contributed by atoms with Crippen LogP contribution in [0.5, 0.6) is 0 Å². The van der Waals surface area contributed by atoms with Crippen LogP contribution in [0.25, 0.3) is 0 Å². The molecule has 2 aromatic rings. The average molecular weight is 373 g/mol. The van der Waals surface area contributed by atoms with Crippen molar-refractivity contribution in [2.75, 3.05) is 38.0 Å². The standard InChI is InChI=1S/C20H24FN3O3/c1-20(27-4,16-7-5-6-8-17(16)21)13-22-18(25)19(26)23-14-9-11-15(12-10-14)24(2)3/h5-12H,13H2,1-4H3,(H,22,25)(H,23,26). The molecule has 6 nitrogen and oxygen atoms in total. The quantitative estimate of drug-likeness (QED) is 0.764. The van der Waals surface area contributed by atoms with Gasteiger partial charge in [-0.15, -0.1) is 0 Å². The van der Waals surface area contributed by atoms with E-state index in [0.717, 1.165) is 5.69 Å². The van der Waals surface area contributed by atoms with Crippen LogP contribution in [0.1, 0.15) is 12.5 Å². The second-order valence-electron chi connectivity index (χ2n) is 6.49. The summed E-state index contributed by atoms with van der Waals surface area (Å²) in [5.41, 5.74) is 0.671. The molecule has 0 fully saturated rings. The molecule has 2 amide bonds. The average Bonchev–Trinajstić information content (AvgIpc) is 2.66. The molecule has 7 heteroatoms. The van der Waals surface area contributed by atoms with Gasteiger partial charge >= 0.3 is 11.8 Å². The molecule has 0 radical (unpaired) electrons. The largest absolute Gasteiger partial charge is 0.378 e. The van der Waals surface area contributed by atoms with Crippen molar-refractivity contribution < 1.29 is 18.7 Å². The lowest BCUT2D eigenvalue weighted by Crippen LogP contribution is -2.44. The second kappa shape index (κ2) is 8.64. The fourth-order valence-corrected chi connectivity index (χ4v) is 2.53. The van der Waals surface area contributed by atoms with E-state index in [1.807, 2.05) is 31.1 Å². The summed E-state index contributed by atoms with van der Waals surface area (Å²) < 4.78 is 19.5. The maximum atomic E-state index is 14.1. The van der Waals surface area contributed by atoms with E-state index < -0.39 is 23.2 Å². The number of anilines is 2. The summed E-state index contributed by atoms with van der Waals surface area (Å²) in [6, 6.07) is 13.2. The minimum absolute atomic E-state index is 0.0593. The number of rotatable bonds is 6. The Labute approximate surface area is 158 Å². The Kier molecular flexibility index (Phi) is 6.52. The van der Waals surface area contributed by atoms with Crippen molar-refractivity contribution in [3.8, 4) is 0 Å². The van der Waals surface area contributed by atoms with E-state index in [1.54, 1.807) is 37.3 Å². The van der Waals surface area contributed by atoms with Crippen molar-refractivity contribution in [1.29, 1.82) is 0 Å². The Morgan fingerprint density at radius 2 is 1.70 bits per heavy atom. The van der Waals surface area contributed by atoms with Gasteiger partial charge in [0.25, 0.3) is 0 Å². The lowest BCUT2D eigenvalue weighted by Gasteiger charge is -2.29. The molecule has 0 bridgehead atoms. The molecule has 2 rings (SSSR count). The molecule has 144 valence electrons. The first-order valence-corrected chi connectivity index (χ1v) is 8.43. The molecule has 0 aliphatic carbocycles. The SMILES string of the molecule is COC(C)(CNC(=O)C(=O)Nc1ccc(N(C)C)cc1)c1ccccc1F. The molecule has 0 aliphatic rings. The number of ether oxygens (including phenoxy) is 1. The highest BCUT2D eigenvalue weighted by Crippen LogP contribution is 2.26. The summed E-state index contributed by atoms with van der Waals surface area (Å²) in [5.74, 6) is -2.08. The minimum atomic E-state index is -1.10. The van der Waals surface area contributed by atoms with Gasteiger partial charge in [0, 0.05) is 38.1 Å². The van der Waals surface area contributed by atoms with Crippen LogP contribution in [0.4, 0.5) is 15.8 Å². The van der Waals surface area contributed by atoms with Gasteiger partial charge in [-0.25, -0.2) is 4.39 Å². The third-order valence-electron chi connectivity index (χ3n) is 4.33. The van der Waals surface area contributed by atoms with Crippen LogP contribution >= 0.6 is 0 Å². The number of amides is 2. The molecule has 0 heterocycles. The molecule has 0 spiro atoms. The van der Waals surface area contributed by atoms with Crippen molar-refractivity contribution in [2.24, 2.45) is 0 Å². The maximum Gasteiger partial charge on any atom is 0.313 e. The summed E-state index contributed by atoms with van der Waals surface area (Å²) >= 11 is 0. The zero-order valence-electron chi connectivity index (χ0n) is 15.9. The summed E-state index contributed by atoms with van der Waals surface area (Å²) in [6.45, 7) is 1.58. The number of benzene rings is 2. The third-order valence-corrected chi connectivity index (χ3v) is 4.33. The van der Waals surface area contributed by atoms with Gasteiger partial charge in [0.2, 0.25) is 0 Å². The van der Waals surface area contributed by atoms with Gasteiger partial charge in [0.15, 0.2) is 0 Å². The van der Waals surface area contributed by atoms with Crippen LogP contribution in [0.2, 0.25) is 0 Å². The Balaban J connectivity index is 1.99. The van der Waals surface area contributed by atoms with Gasteiger partial charge in [-0.1, -0.05) is 18.2 Å². The number of carbonyl (C=O) groups excluding carboxylic acids is 2. The van der Waals surface area contributed by atoms with Crippen molar-refractivity contribution in [3.63, 3.8) is 0 Å². The zero-order chi connectivity index (χ0) is 20.0. The first-order valence-electron chi connectivity index (χ1n) is 8.43. The van der Waals surface area contributed by atoms with Crippen molar-refractivity contribution >= 4 is 23.2 Å². The van der Waals surface area contributed by atoms with Crippen LogP contribution in [0.15, 0.2) is 48.5 Å². The third kappa shape index (κ3) is 5.04. The second-order valence-corrected chi connectivity index (χ2v) is 6.49. The molecule has 2 N–H and O–H groups in total. The number of halogens is 1. The lowest BCUT2D eigenvalue weighted by molar-refractivity contribution is -0.137. The van der Waals surface area contributed by atoms with Gasteiger partial charge in [0.1, 0.15) is 11.4 Å². The number of carbonyl (C=O) groups is 2. The summed E-state index contributed by atoms with van der Waals surface area (Å²) in [6.07, 6.45) is 0. The van der Waals surface area contributed by atoms with Gasteiger partial charge in [-0.2, -0.15) is 0 Å². The molecule has 0 aliphatic heterocycles. The summed E-state index contributed by atoms with van der Waals surface area (Å²) in [7, 11) is 5.23. The van der Waals surface area contributed by atoms with E-state index in [9.17, 15) is 14.0 Å². The summed E-state index contributed by atoms with van der Waals surface area (Å²) in [5, 5.41) is 5.03. The monoisotopic (exact) mass is 373 g/mol. The predicted octanol–water partition coefficient (Wildman–Crippen LogP) is 2.51. The molecule has 27 heavy (non-hydrogen) atoms. The fourth-order valence-electron chi connectivity index (χ4n) is 2.53. The highest BCUT2D eigenvalue weighted by atomic mass is 19.1. The Morgan fingerprint density at radius 1 is 1.07 bits per heavy atom. The van der Waals surface area contributed by atoms with Crippen molar-refractivity contribution in [3.05, 3.63) is 59.9 Å². The molecule has 0 aromatic heterocycles. The normalized spacial score (nSPS) is 12.8. The first-order chi connectivity index (χ1) is 12.8. The topological polar surface area (TPSA) is 70.7 Å². The van der Waals surface area contributed by atoms with Crippen molar-refractivity contribution in [2.45, 2.75) is 12.5 Å². The van der Waals surface area contributed by atoms with E-state index in [0.29, 0.717) is 11.3 Å². The molecular weight excluding hydrogens is 349 g/mol. The fraction of sp³-hybridized carbons (Fsp3) is 0.300. The van der Waals surface area contributed by atoms with Crippen LogP contribution < -0.4 is 15.5 Å². The molecule has 0 saturated carbocycles. The maximum absolute atomic E-state index is 14.1. The number of hydrogen-bond acceptors (Lipinski definition) is 4. The van der Waals surface area contributed by atoms with Crippen LogP contribution in [-0.4, -0.2) is 39.6 Å². The van der Waals surface area contributed by atoms with E-state index >= 15 is 0 Å². The molecule has 1 atom stereocenters. The van der Waals surface area contributed by atoms with Crippen molar-refractivity contribution in [1.82, 2.24) is 5.32 Å². The van der Waals surface area contributed by atoms with E-state index in [-0.39, 0.29) is 6.54 Å². The lowest BCUT2D eigenvalue weighted by atomic mass is 9.95. The number of hydrogen-bond donors (Lipinski definition) is 2. The van der Waals surface area contributed by atoms with Gasteiger partial charge in [-0.05, 0) is 37.3 Å². The van der Waals surface area contributed by atoms with Crippen LogP contribution in [0.3, 0.4) is 0 Å². The number of nitrogens with one attached hydrogen (secondary N) is 2. The highest BCUT2D eigenvalue weighted by molar-refractivity contribution is 6.39. The molecule has 2 aromatic carbocycles. The summed E-state index contributed by atoms with van der Waals surface area (Å²) in [4.78, 5) is 26.1. The zero-order valence-corrected chi connectivity index (χ0v) is 15.9. The van der Waals surface area contributed by atoms with Crippen LogP contribution in [-0.2, 0) is 19.9 Å². The molecular formula is C20H24FN3O3. The smallest absolute Gasteiger partial charge is 0.313 e. The Morgan fingerprint density at radius 3 is 2.26 bits per heavy atom. The van der Waals surface area contributed by atoms with Gasteiger partial charge in [-0.3, -0.25) is 9.59 Å². The van der Waals surface area contributed by atoms with Gasteiger partial charge < -0.3 is 20.3 Å². The number of nitrogens with zero attached hydrogens (tertiary/aromatic N) is 1. The predicted molar refractivity (Wildman–Crippen MR) is 103 cm³/mol. The van der Waals surface area contributed by atoms with E-state index in [4.69, 9.17) is 4.74 Å². The minimum Gasteiger partial charge on any atom is -0.378 e. The highest BCUT2D eigenvalue weighted by Gasteiger charge is 2.30. The Hall–Kier alpha value is -2.93. The van der Waals surface area contributed by atoms with E-state index in [2.05, 4.69) is 10.6 Å². The first kappa shape index (κ1) is 20.4. The van der Waals surface area contributed by atoms with Crippen LogP contribution in [0, 0.1) is 5.82 Å². The molecule has 0 saturated heterocycles. The van der Waals surface area contributed by atoms with E-state index in [1.165, 1.54) is 13.2 Å². The Bertz CT molecular complexity index is 808.